The SMILES string of the molecule is C=C(/N=C(/C)CBr)NC(=O)C(F)(F)F. The van der Waals surface area contributed by atoms with Gasteiger partial charge in [-0.25, -0.2) is 4.99 Å². The molecule has 0 aromatic rings. The molecule has 0 spiro atoms. The summed E-state index contributed by atoms with van der Waals surface area (Å²) in [6, 6.07) is 0. The Hall–Kier alpha value is -0.850. The summed E-state index contributed by atoms with van der Waals surface area (Å²) in [5, 5.41) is 1.92. The summed E-state index contributed by atoms with van der Waals surface area (Å²) >= 11 is 3.04. The second-order valence-electron chi connectivity index (χ2n) is 2.38. The molecular weight excluding hydrogens is 265 g/mol. The maximum absolute atomic E-state index is 11.7. The molecule has 0 rings (SSSR count). The zero-order valence-corrected chi connectivity index (χ0v) is 8.87. The van der Waals surface area contributed by atoms with Crippen molar-refractivity contribution in [1.29, 1.82) is 0 Å². The first-order valence-electron chi connectivity index (χ1n) is 3.44. The van der Waals surface area contributed by atoms with Gasteiger partial charge < -0.3 is 5.32 Å². The van der Waals surface area contributed by atoms with Crippen LogP contribution in [0.5, 0.6) is 0 Å². The van der Waals surface area contributed by atoms with E-state index in [-0.39, 0.29) is 5.82 Å². The first kappa shape index (κ1) is 13.2. The highest BCUT2D eigenvalue weighted by Crippen LogP contribution is 2.14. The van der Waals surface area contributed by atoms with Crippen molar-refractivity contribution in [3.05, 3.63) is 12.4 Å². The summed E-state index contributed by atoms with van der Waals surface area (Å²) in [4.78, 5) is 14.0. The van der Waals surface area contributed by atoms with Gasteiger partial charge in [0, 0.05) is 11.0 Å². The van der Waals surface area contributed by atoms with E-state index < -0.39 is 12.1 Å². The topological polar surface area (TPSA) is 41.5 Å². The second kappa shape index (κ2) is 5.14. The smallest absolute Gasteiger partial charge is 0.303 e. The second-order valence-corrected chi connectivity index (χ2v) is 2.94. The molecule has 0 aliphatic heterocycles. The van der Waals surface area contributed by atoms with Crippen LogP contribution in [0, 0.1) is 0 Å². The third-order valence-corrected chi connectivity index (χ3v) is 1.85. The fraction of sp³-hybridized carbons (Fsp3) is 0.429. The lowest BCUT2D eigenvalue weighted by Gasteiger charge is -2.07. The quantitative estimate of drug-likeness (QED) is 0.620. The fourth-order valence-electron chi connectivity index (χ4n) is 0.490. The van der Waals surface area contributed by atoms with Crippen LogP contribution in [-0.4, -0.2) is 23.1 Å². The molecule has 0 radical (unpaired) electrons. The maximum Gasteiger partial charge on any atom is 0.471 e. The lowest BCUT2D eigenvalue weighted by Crippen LogP contribution is -2.35. The average Bonchev–Trinajstić information content (AvgIpc) is 2.02. The van der Waals surface area contributed by atoms with Crippen LogP contribution in [-0.2, 0) is 4.79 Å². The Morgan fingerprint density at radius 2 is 2.07 bits per heavy atom. The highest BCUT2D eigenvalue weighted by Gasteiger charge is 2.38. The summed E-state index contributed by atoms with van der Waals surface area (Å²) < 4.78 is 35.2. The van der Waals surface area contributed by atoms with Crippen LogP contribution >= 0.6 is 15.9 Å². The van der Waals surface area contributed by atoms with E-state index >= 15 is 0 Å². The fourth-order valence-corrected chi connectivity index (χ4v) is 0.616. The van der Waals surface area contributed by atoms with Crippen molar-refractivity contribution in [3.63, 3.8) is 0 Å². The van der Waals surface area contributed by atoms with E-state index in [1.54, 1.807) is 6.92 Å². The number of carbonyl (C=O) groups is 1. The number of nitrogens with zero attached hydrogens (tertiary/aromatic N) is 1. The van der Waals surface area contributed by atoms with Crippen molar-refractivity contribution in [2.75, 3.05) is 5.33 Å². The third kappa shape index (κ3) is 5.00. The Morgan fingerprint density at radius 3 is 2.43 bits per heavy atom. The molecule has 1 amide bonds. The molecule has 0 unspecified atom stereocenters. The largest absolute Gasteiger partial charge is 0.471 e. The average molecular weight is 273 g/mol. The first-order chi connectivity index (χ1) is 6.27. The molecule has 0 aromatic carbocycles. The predicted molar refractivity (Wildman–Crippen MR) is 50.2 cm³/mol. The van der Waals surface area contributed by atoms with Crippen molar-refractivity contribution in [1.82, 2.24) is 5.32 Å². The normalized spacial score (nSPS) is 12.5. The molecule has 1 N–H and O–H groups in total. The Balaban J connectivity index is 4.29. The number of alkyl halides is 4. The van der Waals surface area contributed by atoms with Gasteiger partial charge in [-0.15, -0.1) is 0 Å². The third-order valence-electron chi connectivity index (χ3n) is 1.03. The van der Waals surface area contributed by atoms with Crippen LogP contribution in [0.15, 0.2) is 17.4 Å². The summed E-state index contributed by atoms with van der Waals surface area (Å²) in [5.41, 5.74) is 0.512. The first-order valence-corrected chi connectivity index (χ1v) is 4.56. The van der Waals surface area contributed by atoms with Gasteiger partial charge in [-0.3, -0.25) is 4.79 Å². The van der Waals surface area contributed by atoms with Crippen molar-refractivity contribution in [3.8, 4) is 0 Å². The number of halogens is 4. The van der Waals surface area contributed by atoms with Gasteiger partial charge >= 0.3 is 12.1 Å². The number of rotatable bonds is 3. The molecule has 0 saturated heterocycles. The minimum atomic E-state index is -4.92. The molecule has 3 nitrogen and oxygen atoms in total. The molecule has 0 fully saturated rings. The van der Waals surface area contributed by atoms with Gasteiger partial charge in [-0.1, -0.05) is 22.5 Å². The van der Waals surface area contributed by atoms with Crippen molar-refractivity contribution < 1.29 is 18.0 Å². The molecule has 0 bridgehead atoms. The van der Waals surface area contributed by atoms with Crippen LogP contribution in [0.4, 0.5) is 13.2 Å². The monoisotopic (exact) mass is 272 g/mol. The number of hydrogen-bond acceptors (Lipinski definition) is 2. The molecule has 80 valence electrons. The van der Waals surface area contributed by atoms with E-state index in [0.29, 0.717) is 11.0 Å². The van der Waals surface area contributed by atoms with Gasteiger partial charge in [0.15, 0.2) is 0 Å². The van der Waals surface area contributed by atoms with Gasteiger partial charge in [0.05, 0.1) is 0 Å². The molecular formula is C7H8BrF3N2O. The minimum Gasteiger partial charge on any atom is -0.303 e. The van der Waals surface area contributed by atoms with E-state index in [4.69, 9.17) is 0 Å². The molecule has 0 aromatic heterocycles. The summed E-state index contributed by atoms with van der Waals surface area (Å²) in [6.45, 7) is 4.74. The van der Waals surface area contributed by atoms with Gasteiger partial charge in [-0.2, -0.15) is 13.2 Å². The lowest BCUT2D eigenvalue weighted by atomic mass is 10.5. The standard InChI is InChI=1S/C7H8BrF3N2O/c1-4(3-8)12-5(2)13-6(14)7(9,10)11/h2-3H2,1H3,(H,13,14)/b12-4-. The molecule has 0 heterocycles. The lowest BCUT2D eigenvalue weighted by molar-refractivity contribution is -0.172. The van der Waals surface area contributed by atoms with Crippen molar-refractivity contribution >= 4 is 27.5 Å². The zero-order chi connectivity index (χ0) is 11.4. The molecule has 14 heavy (non-hydrogen) atoms. The number of amides is 1. The Labute approximate surface area is 87.2 Å². The number of carbonyl (C=O) groups excluding carboxylic acids is 1. The highest BCUT2D eigenvalue weighted by molar-refractivity contribution is 9.09. The predicted octanol–water partition coefficient (Wildman–Crippen LogP) is 1.99. The molecule has 0 aliphatic carbocycles. The van der Waals surface area contributed by atoms with Gasteiger partial charge in [-0.05, 0) is 6.92 Å². The maximum atomic E-state index is 11.7. The number of hydrogen-bond donors (Lipinski definition) is 1. The van der Waals surface area contributed by atoms with Crippen LogP contribution < -0.4 is 5.32 Å². The van der Waals surface area contributed by atoms with Gasteiger partial charge in [0.2, 0.25) is 0 Å². The molecule has 7 heteroatoms. The van der Waals surface area contributed by atoms with Crippen molar-refractivity contribution in [2.45, 2.75) is 13.1 Å². The van der Waals surface area contributed by atoms with Crippen LogP contribution in [0.2, 0.25) is 0 Å². The van der Waals surface area contributed by atoms with E-state index in [1.807, 2.05) is 0 Å². The summed E-state index contributed by atoms with van der Waals surface area (Å²) in [7, 11) is 0. The van der Waals surface area contributed by atoms with Crippen LogP contribution in [0.25, 0.3) is 0 Å². The zero-order valence-electron chi connectivity index (χ0n) is 7.28. The number of aliphatic imine (C=N–C) groups is 1. The van der Waals surface area contributed by atoms with E-state index in [2.05, 4.69) is 27.5 Å². The van der Waals surface area contributed by atoms with Crippen LogP contribution in [0.1, 0.15) is 6.92 Å². The summed E-state index contributed by atoms with van der Waals surface area (Å²) in [5.74, 6) is -2.40. The van der Waals surface area contributed by atoms with Crippen molar-refractivity contribution in [2.24, 2.45) is 4.99 Å². The van der Waals surface area contributed by atoms with Crippen LogP contribution in [0.3, 0.4) is 0 Å². The minimum absolute atomic E-state index is 0.329. The molecule has 0 saturated carbocycles. The van der Waals surface area contributed by atoms with Gasteiger partial charge in [0.1, 0.15) is 5.82 Å². The Morgan fingerprint density at radius 1 is 1.57 bits per heavy atom. The van der Waals surface area contributed by atoms with Gasteiger partial charge in [0.25, 0.3) is 0 Å². The van der Waals surface area contributed by atoms with E-state index in [9.17, 15) is 18.0 Å². The summed E-state index contributed by atoms with van der Waals surface area (Å²) in [6.07, 6.45) is -4.92. The molecule has 0 atom stereocenters. The molecule has 0 aliphatic rings. The number of nitrogens with one attached hydrogen (secondary N) is 1. The Bertz CT molecular complexity index is 273. The highest BCUT2D eigenvalue weighted by atomic mass is 79.9. The van der Waals surface area contributed by atoms with E-state index in [1.165, 1.54) is 5.32 Å². The van der Waals surface area contributed by atoms with E-state index in [0.717, 1.165) is 0 Å². The Kier molecular flexibility index (Phi) is 4.82.